The number of carboxylic acids is 1. The van der Waals surface area contributed by atoms with Gasteiger partial charge in [-0.2, -0.15) is 0 Å². The molecule has 1 aliphatic rings. The average molecular weight is 257 g/mol. The lowest BCUT2D eigenvalue weighted by Crippen LogP contribution is -2.42. The Morgan fingerprint density at radius 3 is 2.72 bits per heavy atom. The summed E-state index contributed by atoms with van der Waals surface area (Å²) >= 11 is 0. The maximum absolute atomic E-state index is 11.7. The molecule has 0 aromatic heterocycles. The number of likely N-dealkylation sites (tertiary alicyclic amines) is 1. The first-order valence-corrected chi connectivity index (χ1v) is 5.98. The maximum atomic E-state index is 11.7. The van der Waals surface area contributed by atoms with Gasteiger partial charge in [-0.25, -0.2) is 4.79 Å². The van der Waals surface area contributed by atoms with E-state index in [9.17, 15) is 14.4 Å². The fraction of sp³-hybridized carbons (Fsp3) is 0.727. The van der Waals surface area contributed by atoms with Crippen molar-refractivity contribution in [1.82, 2.24) is 15.5 Å². The van der Waals surface area contributed by atoms with Crippen LogP contribution in [0.15, 0.2) is 0 Å². The van der Waals surface area contributed by atoms with Crippen molar-refractivity contribution in [3.05, 3.63) is 0 Å². The third-order valence-corrected chi connectivity index (χ3v) is 3.02. The first-order chi connectivity index (χ1) is 8.52. The van der Waals surface area contributed by atoms with E-state index in [1.807, 2.05) is 0 Å². The number of hydrogen-bond donors (Lipinski definition) is 3. The average Bonchev–Trinajstić information content (AvgIpc) is 2.81. The summed E-state index contributed by atoms with van der Waals surface area (Å²) in [5.41, 5.74) is 0. The highest BCUT2D eigenvalue weighted by Gasteiger charge is 2.26. The van der Waals surface area contributed by atoms with Crippen LogP contribution < -0.4 is 10.6 Å². The Morgan fingerprint density at radius 1 is 1.39 bits per heavy atom. The molecule has 1 heterocycles. The fourth-order valence-electron chi connectivity index (χ4n) is 1.94. The standard InChI is InChI=1S/C11H19N3O4/c1-12-9(15)6-13-11(18)14-5-4-8(7-14)2-3-10(16)17/h8H,2-7H2,1H3,(H,12,15)(H,13,18)(H,16,17). The monoisotopic (exact) mass is 257 g/mol. The number of hydrogen-bond acceptors (Lipinski definition) is 3. The van der Waals surface area contributed by atoms with Crippen LogP contribution in [0.25, 0.3) is 0 Å². The molecule has 1 saturated heterocycles. The Morgan fingerprint density at radius 2 is 2.11 bits per heavy atom. The number of carboxylic acid groups (broad SMARTS) is 1. The molecule has 1 aliphatic heterocycles. The predicted molar refractivity (Wildman–Crippen MR) is 64.0 cm³/mol. The van der Waals surface area contributed by atoms with Crippen LogP contribution in [0, 0.1) is 5.92 Å². The molecule has 0 saturated carbocycles. The van der Waals surface area contributed by atoms with Crippen molar-refractivity contribution in [3.8, 4) is 0 Å². The summed E-state index contributed by atoms with van der Waals surface area (Å²) in [6.07, 6.45) is 1.55. The van der Waals surface area contributed by atoms with Gasteiger partial charge >= 0.3 is 12.0 Å². The molecule has 1 unspecified atom stereocenters. The molecular weight excluding hydrogens is 238 g/mol. The van der Waals surface area contributed by atoms with Gasteiger partial charge in [0.2, 0.25) is 5.91 Å². The Labute approximate surface area is 106 Å². The van der Waals surface area contributed by atoms with Crippen molar-refractivity contribution < 1.29 is 19.5 Å². The lowest BCUT2D eigenvalue weighted by Gasteiger charge is -2.16. The maximum Gasteiger partial charge on any atom is 0.317 e. The number of carbonyl (C=O) groups is 3. The minimum atomic E-state index is -0.808. The highest BCUT2D eigenvalue weighted by molar-refractivity contribution is 5.83. The number of carbonyl (C=O) groups excluding carboxylic acids is 2. The number of nitrogens with zero attached hydrogens (tertiary/aromatic N) is 1. The predicted octanol–water partition coefficient (Wildman–Crippen LogP) is -0.371. The number of nitrogens with one attached hydrogen (secondary N) is 2. The van der Waals surface area contributed by atoms with Crippen LogP contribution >= 0.6 is 0 Å². The molecule has 0 aromatic rings. The molecule has 3 N–H and O–H groups in total. The highest BCUT2D eigenvalue weighted by atomic mass is 16.4. The zero-order chi connectivity index (χ0) is 13.5. The van der Waals surface area contributed by atoms with Gasteiger partial charge in [-0.15, -0.1) is 0 Å². The zero-order valence-electron chi connectivity index (χ0n) is 10.4. The first kappa shape index (κ1) is 14.3. The summed E-state index contributed by atoms with van der Waals surface area (Å²) in [6.45, 7) is 1.14. The Hall–Kier alpha value is -1.79. The minimum Gasteiger partial charge on any atom is -0.481 e. The van der Waals surface area contributed by atoms with Crippen molar-refractivity contribution in [2.45, 2.75) is 19.3 Å². The van der Waals surface area contributed by atoms with Gasteiger partial charge in [0.1, 0.15) is 0 Å². The summed E-state index contributed by atoms with van der Waals surface area (Å²) < 4.78 is 0. The molecule has 1 atom stereocenters. The molecular formula is C11H19N3O4. The van der Waals surface area contributed by atoms with Crippen molar-refractivity contribution in [1.29, 1.82) is 0 Å². The quantitative estimate of drug-likeness (QED) is 0.625. The third kappa shape index (κ3) is 4.60. The lowest BCUT2D eigenvalue weighted by atomic mass is 10.0. The number of amides is 3. The largest absolute Gasteiger partial charge is 0.481 e. The number of rotatable bonds is 5. The summed E-state index contributed by atoms with van der Waals surface area (Å²) in [7, 11) is 1.51. The van der Waals surface area contributed by atoms with Crippen LogP contribution in [0.2, 0.25) is 0 Å². The summed E-state index contributed by atoms with van der Waals surface area (Å²) in [5, 5.41) is 13.5. The van der Waals surface area contributed by atoms with Crippen molar-refractivity contribution in [2.24, 2.45) is 5.92 Å². The van der Waals surface area contributed by atoms with Gasteiger partial charge in [-0.3, -0.25) is 9.59 Å². The Bertz CT molecular complexity index is 332. The van der Waals surface area contributed by atoms with Gasteiger partial charge < -0.3 is 20.6 Å². The van der Waals surface area contributed by atoms with Crippen LogP contribution in [0.1, 0.15) is 19.3 Å². The molecule has 7 nitrogen and oxygen atoms in total. The van der Waals surface area contributed by atoms with Gasteiger partial charge in [0, 0.05) is 26.6 Å². The molecule has 0 radical (unpaired) electrons. The van der Waals surface area contributed by atoms with Crippen LogP contribution in [0.4, 0.5) is 4.79 Å². The third-order valence-electron chi connectivity index (χ3n) is 3.02. The van der Waals surface area contributed by atoms with E-state index >= 15 is 0 Å². The van der Waals surface area contributed by atoms with Crippen LogP contribution in [0.3, 0.4) is 0 Å². The van der Waals surface area contributed by atoms with Crippen LogP contribution in [0.5, 0.6) is 0 Å². The van der Waals surface area contributed by atoms with Crippen molar-refractivity contribution >= 4 is 17.9 Å². The number of likely N-dealkylation sites (N-methyl/N-ethyl adjacent to an activating group) is 1. The highest BCUT2D eigenvalue weighted by Crippen LogP contribution is 2.20. The van der Waals surface area contributed by atoms with Gasteiger partial charge in [-0.1, -0.05) is 0 Å². The molecule has 0 aromatic carbocycles. The number of urea groups is 1. The summed E-state index contributed by atoms with van der Waals surface area (Å²) in [5.74, 6) is -0.811. The van der Waals surface area contributed by atoms with Crippen molar-refractivity contribution in [3.63, 3.8) is 0 Å². The second-order valence-electron chi connectivity index (χ2n) is 4.37. The fourth-order valence-corrected chi connectivity index (χ4v) is 1.94. The smallest absolute Gasteiger partial charge is 0.317 e. The van der Waals surface area contributed by atoms with E-state index in [0.717, 1.165) is 6.42 Å². The molecule has 102 valence electrons. The molecule has 1 fully saturated rings. The Kier molecular flexibility index (Phi) is 5.41. The summed E-state index contributed by atoms with van der Waals surface area (Å²) in [4.78, 5) is 34.7. The normalized spacial score (nSPS) is 18.5. The van der Waals surface area contributed by atoms with E-state index in [2.05, 4.69) is 10.6 Å². The second-order valence-corrected chi connectivity index (χ2v) is 4.37. The SMILES string of the molecule is CNC(=O)CNC(=O)N1CCC(CCC(=O)O)C1. The van der Waals surface area contributed by atoms with E-state index in [-0.39, 0.29) is 30.8 Å². The number of aliphatic carboxylic acids is 1. The minimum absolute atomic E-state index is 0.0361. The summed E-state index contributed by atoms with van der Waals surface area (Å²) in [6, 6.07) is -0.267. The van der Waals surface area contributed by atoms with Crippen LogP contribution in [-0.4, -0.2) is 54.6 Å². The van der Waals surface area contributed by atoms with E-state index in [1.54, 1.807) is 4.90 Å². The van der Waals surface area contributed by atoms with Gasteiger partial charge in [0.25, 0.3) is 0 Å². The molecule has 0 spiro atoms. The van der Waals surface area contributed by atoms with E-state index in [1.165, 1.54) is 7.05 Å². The molecule has 0 bridgehead atoms. The molecule has 7 heteroatoms. The molecule has 18 heavy (non-hydrogen) atoms. The topological polar surface area (TPSA) is 98.7 Å². The second kappa shape index (κ2) is 6.83. The van der Waals surface area contributed by atoms with Crippen LogP contribution in [-0.2, 0) is 9.59 Å². The van der Waals surface area contributed by atoms with Gasteiger partial charge in [0.15, 0.2) is 0 Å². The zero-order valence-corrected chi connectivity index (χ0v) is 10.4. The van der Waals surface area contributed by atoms with Gasteiger partial charge in [-0.05, 0) is 18.8 Å². The Balaban J connectivity index is 2.26. The molecule has 3 amide bonds. The van der Waals surface area contributed by atoms with E-state index in [0.29, 0.717) is 19.5 Å². The molecule has 0 aliphatic carbocycles. The van der Waals surface area contributed by atoms with Crippen molar-refractivity contribution in [2.75, 3.05) is 26.7 Å². The van der Waals surface area contributed by atoms with E-state index in [4.69, 9.17) is 5.11 Å². The van der Waals surface area contributed by atoms with E-state index < -0.39 is 5.97 Å². The molecule has 1 rings (SSSR count). The first-order valence-electron chi connectivity index (χ1n) is 5.98. The van der Waals surface area contributed by atoms with Gasteiger partial charge in [0.05, 0.1) is 6.54 Å². The lowest BCUT2D eigenvalue weighted by molar-refractivity contribution is -0.137.